The van der Waals surface area contributed by atoms with E-state index in [1.54, 1.807) is 0 Å². The lowest BCUT2D eigenvalue weighted by molar-refractivity contribution is 0.522. The van der Waals surface area contributed by atoms with Crippen molar-refractivity contribution < 1.29 is 4.42 Å². The van der Waals surface area contributed by atoms with Gasteiger partial charge in [-0.05, 0) is 19.1 Å². The van der Waals surface area contributed by atoms with Gasteiger partial charge in [0.25, 0.3) is 0 Å². The van der Waals surface area contributed by atoms with Gasteiger partial charge in [0.05, 0.1) is 11.3 Å². The summed E-state index contributed by atoms with van der Waals surface area (Å²) in [5.74, 6) is 1.54. The van der Waals surface area contributed by atoms with Gasteiger partial charge in [-0.15, -0.1) is 0 Å². The Morgan fingerprint density at radius 2 is 2.07 bits per heavy atom. The second-order valence-corrected chi connectivity index (χ2v) is 3.47. The van der Waals surface area contributed by atoms with E-state index in [0.29, 0.717) is 11.6 Å². The standard InChI is InChI=1S/C12H14N2O/c1-3-11-8(2)14-12(15-11)9-6-4-5-7-10(9)13/h4-7H,3,13H2,1-2H3. The predicted molar refractivity (Wildman–Crippen MR) is 60.5 cm³/mol. The largest absolute Gasteiger partial charge is 0.441 e. The number of benzene rings is 1. The second kappa shape index (κ2) is 3.77. The van der Waals surface area contributed by atoms with Crippen LogP contribution in [0.15, 0.2) is 28.7 Å². The van der Waals surface area contributed by atoms with Crippen molar-refractivity contribution in [2.75, 3.05) is 5.73 Å². The fraction of sp³-hybridized carbons (Fsp3) is 0.250. The first kappa shape index (κ1) is 9.77. The molecule has 0 aliphatic heterocycles. The molecule has 2 rings (SSSR count). The first-order valence-electron chi connectivity index (χ1n) is 5.03. The summed E-state index contributed by atoms with van der Waals surface area (Å²) in [5.41, 5.74) is 8.35. The third-order valence-electron chi connectivity index (χ3n) is 2.40. The number of anilines is 1. The van der Waals surface area contributed by atoms with Crippen LogP contribution in [0.4, 0.5) is 5.69 Å². The van der Waals surface area contributed by atoms with Crippen molar-refractivity contribution >= 4 is 5.69 Å². The number of para-hydroxylation sites is 1. The van der Waals surface area contributed by atoms with E-state index in [4.69, 9.17) is 10.2 Å². The third kappa shape index (κ3) is 1.73. The highest BCUT2D eigenvalue weighted by Gasteiger charge is 2.11. The summed E-state index contributed by atoms with van der Waals surface area (Å²) < 4.78 is 5.64. The first-order chi connectivity index (χ1) is 7.22. The Balaban J connectivity index is 2.50. The summed E-state index contributed by atoms with van der Waals surface area (Å²) in [5, 5.41) is 0. The summed E-state index contributed by atoms with van der Waals surface area (Å²) in [6, 6.07) is 7.59. The van der Waals surface area contributed by atoms with E-state index < -0.39 is 0 Å². The average Bonchev–Trinajstić information content (AvgIpc) is 2.60. The van der Waals surface area contributed by atoms with Crippen LogP contribution in [0, 0.1) is 6.92 Å². The Morgan fingerprint density at radius 3 is 2.67 bits per heavy atom. The molecule has 2 aromatic rings. The van der Waals surface area contributed by atoms with Gasteiger partial charge in [0, 0.05) is 12.1 Å². The fourth-order valence-electron chi connectivity index (χ4n) is 1.56. The summed E-state index contributed by atoms with van der Waals surface area (Å²) in [6.07, 6.45) is 0.853. The molecule has 0 atom stereocenters. The maximum atomic E-state index is 5.85. The Labute approximate surface area is 88.9 Å². The van der Waals surface area contributed by atoms with E-state index in [0.717, 1.165) is 23.4 Å². The van der Waals surface area contributed by atoms with Crippen LogP contribution in [0.2, 0.25) is 0 Å². The zero-order valence-electron chi connectivity index (χ0n) is 8.95. The van der Waals surface area contributed by atoms with Gasteiger partial charge in [-0.1, -0.05) is 19.1 Å². The number of nitrogens with two attached hydrogens (primary N) is 1. The second-order valence-electron chi connectivity index (χ2n) is 3.47. The minimum Gasteiger partial charge on any atom is -0.441 e. The lowest BCUT2D eigenvalue weighted by Gasteiger charge is -1.99. The number of rotatable bonds is 2. The molecular weight excluding hydrogens is 188 g/mol. The molecule has 1 heterocycles. The molecule has 3 heteroatoms. The SMILES string of the molecule is CCc1oc(-c2ccccc2N)nc1C. The molecule has 3 nitrogen and oxygen atoms in total. The highest BCUT2D eigenvalue weighted by Crippen LogP contribution is 2.26. The molecule has 1 aromatic carbocycles. The number of hydrogen-bond acceptors (Lipinski definition) is 3. The van der Waals surface area contributed by atoms with Gasteiger partial charge in [0.15, 0.2) is 0 Å². The number of nitrogen functional groups attached to an aromatic ring is 1. The minimum atomic E-state index is 0.613. The minimum absolute atomic E-state index is 0.613. The molecule has 78 valence electrons. The molecule has 0 spiro atoms. The highest BCUT2D eigenvalue weighted by atomic mass is 16.4. The normalized spacial score (nSPS) is 10.5. The molecule has 0 amide bonds. The summed E-state index contributed by atoms with van der Waals surface area (Å²) in [7, 11) is 0. The molecule has 0 bridgehead atoms. The molecule has 15 heavy (non-hydrogen) atoms. The third-order valence-corrected chi connectivity index (χ3v) is 2.40. The monoisotopic (exact) mass is 202 g/mol. The molecule has 0 fully saturated rings. The van der Waals surface area contributed by atoms with Crippen LogP contribution in [0.1, 0.15) is 18.4 Å². The van der Waals surface area contributed by atoms with Crippen molar-refractivity contribution in [1.29, 1.82) is 0 Å². The van der Waals surface area contributed by atoms with Gasteiger partial charge >= 0.3 is 0 Å². The molecular formula is C12H14N2O. The van der Waals surface area contributed by atoms with Crippen LogP contribution < -0.4 is 5.73 Å². The summed E-state index contributed by atoms with van der Waals surface area (Å²) in [6.45, 7) is 4.00. The Kier molecular flexibility index (Phi) is 2.46. The van der Waals surface area contributed by atoms with Gasteiger partial charge in [-0.3, -0.25) is 0 Å². The van der Waals surface area contributed by atoms with Crippen LogP contribution in [-0.2, 0) is 6.42 Å². The average molecular weight is 202 g/mol. The predicted octanol–water partition coefficient (Wildman–Crippen LogP) is 2.79. The van der Waals surface area contributed by atoms with Crippen LogP contribution in [0.3, 0.4) is 0 Å². The van der Waals surface area contributed by atoms with Gasteiger partial charge in [0.2, 0.25) is 5.89 Å². The van der Waals surface area contributed by atoms with E-state index in [9.17, 15) is 0 Å². The van der Waals surface area contributed by atoms with Gasteiger partial charge in [0.1, 0.15) is 5.76 Å². The zero-order chi connectivity index (χ0) is 10.8. The van der Waals surface area contributed by atoms with Crippen LogP contribution >= 0.6 is 0 Å². The maximum absolute atomic E-state index is 5.85. The zero-order valence-corrected chi connectivity index (χ0v) is 8.95. The Hall–Kier alpha value is -1.77. The van der Waals surface area contributed by atoms with Gasteiger partial charge in [-0.25, -0.2) is 4.98 Å². The van der Waals surface area contributed by atoms with Crippen molar-refractivity contribution in [2.45, 2.75) is 20.3 Å². The Bertz CT molecular complexity index is 474. The van der Waals surface area contributed by atoms with Crippen molar-refractivity contribution in [3.05, 3.63) is 35.7 Å². The van der Waals surface area contributed by atoms with Crippen LogP contribution in [0.5, 0.6) is 0 Å². The van der Waals surface area contributed by atoms with E-state index in [1.807, 2.05) is 38.1 Å². The van der Waals surface area contributed by atoms with E-state index >= 15 is 0 Å². The number of oxazole rings is 1. The first-order valence-corrected chi connectivity index (χ1v) is 5.03. The quantitative estimate of drug-likeness (QED) is 0.762. The number of hydrogen-bond donors (Lipinski definition) is 1. The van der Waals surface area contributed by atoms with Crippen LogP contribution in [-0.4, -0.2) is 4.98 Å². The lowest BCUT2D eigenvalue weighted by Crippen LogP contribution is -1.88. The maximum Gasteiger partial charge on any atom is 0.228 e. The molecule has 0 aliphatic rings. The molecule has 0 saturated carbocycles. The molecule has 0 unspecified atom stereocenters. The fourth-order valence-corrected chi connectivity index (χ4v) is 1.56. The summed E-state index contributed by atoms with van der Waals surface area (Å²) >= 11 is 0. The molecule has 1 aromatic heterocycles. The highest BCUT2D eigenvalue weighted by molar-refractivity contribution is 5.70. The van der Waals surface area contributed by atoms with Crippen molar-refractivity contribution in [3.8, 4) is 11.5 Å². The van der Waals surface area contributed by atoms with Gasteiger partial charge < -0.3 is 10.2 Å². The number of aryl methyl sites for hydroxylation is 2. The van der Waals surface area contributed by atoms with E-state index in [2.05, 4.69) is 4.98 Å². The van der Waals surface area contributed by atoms with E-state index in [1.165, 1.54) is 0 Å². The van der Waals surface area contributed by atoms with E-state index in [-0.39, 0.29) is 0 Å². The Morgan fingerprint density at radius 1 is 1.33 bits per heavy atom. The van der Waals surface area contributed by atoms with Gasteiger partial charge in [-0.2, -0.15) is 0 Å². The molecule has 0 aliphatic carbocycles. The number of aromatic nitrogens is 1. The van der Waals surface area contributed by atoms with Crippen molar-refractivity contribution in [2.24, 2.45) is 0 Å². The van der Waals surface area contributed by atoms with Crippen molar-refractivity contribution in [1.82, 2.24) is 4.98 Å². The molecule has 2 N–H and O–H groups in total. The smallest absolute Gasteiger partial charge is 0.228 e. The molecule has 0 saturated heterocycles. The topological polar surface area (TPSA) is 52.0 Å². The lowest BCUT2D eigenvalue weighted by atomic mass is 10.2. The van der Waals surface area contributed by atoms with Crippen molar-refractivity contribution in [3.63, 3.8) is 0 Å². The summed E-state index contributed by atoms with van der Waals surface area (Å²) in [4.78, 5) is 4.37. The number of nitrogens with zero attached hydrogens (tertiary/aromatic N) is 1. The molecule has 0 radical (unpaired) electrons. The van der Waals surface area contributed by atoms with Crippen LogP contribution in [0.25, 0.3) is 11.5 Å².